The van der Waals surface area contributed by atoms with Crippen molar-refractivity contribution >= 4 is 36.7 Å². The topological polar surface area (TPSA) is 12.0 Å². The number of hydrogen-bond donors (Lipinski definition) is 1. The SMILES string of the molecule is CNCCP(Br)(c1ccccc1)(c1ccccc1)c1ccccc1. The maximum atomic E-state index is 4.41. The van der Waals surface area contributed by atoms with Crippen LogP contribution in [-0.4, -0.2) is 19.8 Å². The molecule has 124 valence electrons. The van der Waals surface area contributed by atoms with E-state index in [1.165, 1.54) is 15.9 Å². The second kappa shape index (κ2) is 7.19. The van der Waals surface area contributed by atoms with Gasteiger partial charge in [0.15, 0.2) is 0 Å². The zero-order valence-corrected chi connectivity index (χ0v) is 16.4. The molecule has 3 aromatic rings. The molecule has 3 rings (SSSR count). The van der Waals surface area contributed by atoms with Crippen molar-refractivity contribution in [2.75, 3.05) is 19.8 Å². The first-order chi connectivity index (χ1) is 11.7. The van der Waals surface area contributed by atoms with Gasteiger partial charge in [-0.05, 0) is 0 Å². The molecule has 0 aliphatic heterocycles. The van der Waals surface area contributed by atoms with E-state index in [-0.39, 0.29) is 0 Å². The van der Waals surface area contributed by atoms with Crippen LogP contribution in [-0.2, 0) is 0 Å². The summed E-state index contributed by atoms with van der Waals surface area (Å²) < 4.78 is 0. The Bertz CT molecular complexity index is 675. The second-order valence-corrected chi connectivity index (χ2v) is 15.1. The summed E-state index contributed by atoms with van der Waals surface area (Å²) in [6, 6.07) is 32.7. The minimum absolute atomic E-state index is 0.946. The molecule has 0 aromatic heterocycles. The van der Waals surface area contributed by atoms with Crippen molar-refractivity contribution < 1.29 is 0 Å². The zero-order chi connectivity index (χ0) is 16.9. The van der Waals surface area contributed by atoms with E-state index in [1.807, 2.05) is 7.05 Å². The first-order valence-electron chi connectivity index (χ1n) is 8.24. The summed E-state index contributed by atoms with van der Waals surface area (Å²) in [5.74, 6) is 0. The van der Waals surface area contributed by atoms with Crippen LogP contribution in [0.3, 0.4) is 0 Å². The molecule has 0 atom stereocenters. The van der Waals surface area contributed by atoms with Crippen LogP contribution >= 0.6 is 20.8 Å². The van der Waals surface area contributed by atoms with Crippen LogP contribution in [0.5, 0.6) is 0 Å². The molecule has 1 nitrogen and oxygen atoms in total. The van der Waals surface area contributed by atoms with Gasteiger partial charge in [0.1, 0.15) is 0 Å². The Labute approximate surface area is 152 Å². The van der Waals surface area contributed by atoms with Crippen molar-refractivity contribution in [3.8, 4) is 0 Å². The van der Waals surface area contributed by atoms with E-state index in [0.717, 1.165) is 12.7 Å². The minimum atomic E-state index is -2.70. The first-order valence-corrected chi connectivity index (χ1v) is 12.7. The predicted molar refractivity (Wildman–Crippen MR) is 113 cm³/mol. The van der Waals surface area contributed by atoms with Gasteiger partial charge in [-0.2, -0.15) is 0 Å². The van der Waals surface area contributed by atoms with E-state index in [4.69, 9.17) is 0 Å². The molecule has 24 heavy (non-hydrogen) atoms. The quantitative estimate of drug-likeness (QED) is 0.616. The average molecular weight is 400 g/mol. The van der Waals surface area contributed by atoms with Gasteiger partial charge in [-0.25, -0.2) is 0 Å². The summed E-state index contributed by atoms with van der Waals surface area (Å²) in [6.45, 7) is 0.946. The zero-order valence-electron chi connectivity index (χ0n) is 13.9. The fraction of sp³-hybridized carbons (Fsp3) is 0.143. The van der Waals surface area contributed by atoms with Crippen LogP contribution < -0.4 is 21.2 Å². The Balaban J connectivity index is 2.37. The summed E-state index contributed by atoms with van der Waals surface area (Å²) in [7, 11) is 2.02. The molecule has 0 fully saturated rings. The molecule has 1 N–H and O–H groups in total. The normalized spacial score (nSPS) is 13.2. The van der Waals surface area contributed by atoms with Crippen molar-refractivity contribution in [3.63, 3.8) is 0 Å². The van der Waals surface area contributed by atoms with Crippen LogP contribution in [0.4, 0.5) is 0 Å². The molecular formula is C21H23BrNP. The molecule has 0 aliphatic carbocycles. The van der Waals surface area contributed by atoms with Crippen LogP contribution in [0.25, 0.3) is 0 Å². The monoisotopic (exact) mass is 399 g/mol. The summed E-state index contributed by atoms with van der Waals surface area (Å²) in [6.07, 6.45) is 1.03. The van der Waals surface area contributed by atoms with E-state index in [0.29, 0.717) is 0 Å². The van der Waals surface area contributed by atoms with E-state index in [2.05, 4.69) is 112 Å². The van der Waals surface area contributed by atoms with Crippen molar-refractivity contribution in [3.05, 3.63) is 91.0 Å². The van der Waals surface area contributed by atoms with Gasteiger partial charge in [-0.3, -0.25) is 0 Å². The van der Waals surface area contributed by atoms with Gasteiger partial charge in [0, 0.05) is 0 Å². The molecule has 0 heterocycles. The molecule has 3 aromatic carbocycles. The number of nitrogens with one attached hydrogen (secondary N) is 1. The second-order valence-electron chi connectivity index (χ2n) is 6.02. The Morgan fingerprint density at radius 2 is 1.00 bits per heavy atom. The fourth-order valence-electron chi connectivity index (χ4n) is 3.37. The van der Waals surface area contributed by atoms with Gasteiger partial charge in [-0.15, -0.1) is 0 Å². The number of benzene rings is 3. The van der Waals surface area contributed by atoms with Gasteiger partial charge in [0.2, 0.25) is 0 Å². The van der Waals surface area contributed by atoms with Gasteiger partial charge < -0.3 is 0 Å². The Kier molecular flexibility index (Phi) is 5.20. The number of halogens is 1. The van der Waals surface area contributed by atoms with Gasteiger partial charge in [0.25, 0.3) is 0 Å². The van der Waals surface area contributed by atoms with Crippen LogP contribution in [0, 0.1) is 0 Å². The van der Waals surface area contributed by atoms with Crippen LogP contribution in [0.15, 0.2) is 91.0 Å². The van der Waals surface area contributed by atoms with Crippen LogP contribution in [0.2, 0.25) is 0 Å². The van der Waals surface area contributed by atoms with Crippen molar-refractivity contribution in [1.82, 2.24) is 5.32 Å². The van der Waals surface area contributed by atoms with Crippen molar-refractivity contribution in [2.45, 2.75) is 0 Å². The summed E-state index contributed by atoms with van der Waals surface area (Å²) in [5.41, 5.74) is 0. The van der Waals surface area contributed by atoms with E-state index in [9.17, 15) is 0 Å². The molecule has 0 saturated carbocycles. The van der Waals surface area contributed by atoms with Crippen molar-refractivity contribution in [1.29, 1.82) is 0 Å². The third-order valence-electron chi connectivity index (χ3n) is 4.67. The third-order valence-corrected chi connectivity index (χ3v) is 14.6. The molecule has 0 spiro atoms. The Morgan fingerprint density at radius 3 is 1.29 bits per heavy atom. The van der Waals surface area contributed by atoms with E-state index < -0.39 is 5.31 Å². The molecule has 0 saturated heterocycles. The average Bonchev–Trinajstić information content (AvgIpc) is 2.68. The summed E-state index contributed by atoms with van der Waals surface area (Å²) >= 11 is 4.41. The number of hydrogen-bond acceptors (Lipinski definition) is 1. The van der Waals surface area contributed by atoms with Gasteiger partial charge in [0.05, 0.1) is 0 Å². The maximum absolute atomic E-state index is 4.41. The fourth-order valence-corrected chi connectivity index (χ4v) is 10.7. The Hall–Kier alpha value is -1.47. The van der Waals surface area contributed by atoms with Crippen LogP contribution in [0.1, 0.15) is 0 Å². The summed E-state index contributed by atoms with van der Waals surface area (Å²) in [5, 5.41) is 4.77. The molecule has 0 bridgehead atoms. The molecule has 0 aliphatic rings. The van der Waals surface area contributed by atoms with Gasteiger partial charge >= 0.3 is 153 Å². The molecule has 0 radical (unpaired) electrons. The van der Waals surface area contributed by atoms with E-state index >= 15 is 0 Å². The van der Waals surface area contributed by atoms with Gasteiger partial charge in [-0.1, -0.05) is 0 Å². The summed E-state index contributed by atoms with van der Waals surface area (Å²) in [4.78, 5) is 0. The number of rotatable bonds is 6. The molecule has 0 amide bonds. The molecule has 3 heteroatoms. The third kappa shape index (κ3) is 2.84. The standard InChI is InChI=1S/C21H23BrNP/c1-23-17-18-24(22,19-11-5-2-6-12-19,20-13-7-3-8-14-20)21-15-9-4-10-16-21/h2-16,23H,17-18H2,1H3. The van der Waals surface area contributed by atoms with Crippen molar-refractivity contribution in [2.24, 2.45) is 0 Å². The first kappa shape index (κ1) is 17.4. The Morgan fingerprint density at radius 1 is 0.667 bits per heavy atom. The molecule has 0 unspecified atom stereocenters. The predicted octanol–water partition coefficient (Wildman–Crippen LogP) is 4.05. The van der Waals surface area contributed by atoms with E-state index in [1.54, 1.807) is 0 Å². The molecular weight excluding hydrogens is 377 g/mol.